The van der Waals surface area contributed by atoms with E-state index in [1.807, 2.05) is 48.7 Å². The topological polar surface area (TPSA) is 73.1 Å². The van der Waals surface area contributed by atoms with Crippen molar-refractivity contribution in [2.75, 3.05) is 23.3 Å². The minimum absolute atomic E-state index is 0.0328. The highest BCUT2D eigenvalue weighted by Gasteiger charge is 2.19. The predicted octanol–water partition coefficient (Wildman–Crippen LogP) is 3.61. The summed E-state index contributed by atoms with van der Waals surface area (Å²) in [5, 5.41) is 13.6. The summed E-state index contributed by atoms with van der Waals surface area (Å²) < 4.78 is 0. The number of aromatic nitrogens is 2. The van der Waals surface area contributed by atoms with Crippen LogP contribution in [-0.2, 0) is 6.54 Å². The molecule has 2 heterocycles. The van der Waals surface area contributed by atoms with Gasteiger partial charge in [-0.25, -0.2) is 4.79 Å². The maximum absolute atomic E-state index is 12.0. The number of aromatic amines is 1. The van der Waals surface area contributed by atoms with Gasteiger partial charge < -0.3 is 10.6 Å². The summed E-state index contributed by atoms with van der Waals surface area (Å²) in [7, 11) is 0. The van der Waals surface area contributed by atoms with E-state index in [0.29, 0.717) is 6.54 Å². The Morgan fingerprint density at radius 3 is 2.85 bits per heavy atom. The van der Waals surface area contributed by atoms with Crippen LogP contribution in [0.1, 0.15) is 12.0 Å². The molecule has 3 aromatic rings. The van der Waals surface area contributed by atoms with E-state index in [4.69, 9.17) is 0 Å². The van der Waals surface area contributed by atoms with Gasteiger partial charge in [-0.3, -0.25) is 10.00 Å². The van der Waals surface area contributed by atoms with E-state index < -0.39 is 0 Å². The highest BCUT2D eigenvalue weighted by Crippen LogP contribution is 2.24. The fourth-order valence-corrected chi connectivity index (χ4v) is 3.16. The van der Waals surface area contributed by atoms with Gasteiger partial charge in [-0.2, -0.15) is 5.10 Å². The molecule has 6 heteroatoms. The van der Waals surface area contributed by atoms with Crippen molar-refractivity contribution in [2.24, 2.45) is 0 Å². The molecule has 1 saturated heterocycles. The SMILES string of the molecule is O=C1NCCCN1c1cccc(NCc2cn[nH]c2-c2ccccc2)c1. The Balaban J connectivity index is 1.49. The number of amides is 2. The van der Waals surface area contributed by atoms with Crippen LogP contribution in [0.15, 0.2) is 60.8 Å². The summed E-state index contributed by atoms with van der Waals surface area (Å²) in [6, 6.07) is 18.1. The van der Waals surface area contributed by atoms with Crippen molar-refractivity contribution in [3.8, 4) is 11.3 Å². The third-order valence-electron chi connectivity index (χ3n) is 4.50. The van der Waals surface area contributed by atoms with E-state index in [-0.39, 0.29) is 6.03 Å². The molecule has 2 aromatic carbocycles. The van der Waals surface area contributed by atoms with Crippen LogP contribution in [0.2, 0.25) is 0 Å². The van der Waals surface area contributed by atoms with Gasteiger partial charge in [-0.15, -0.1) is 0 Å². The normalized spacial score (nSPS) is 14.2. The van der Waals surface area contributed by atoms with Crippen molar-refractivity contribution >= 4 is 17.4 Å². The summed E-state index contributed by atoms with van der Waals surface area (Å²) in [4.78, 5) is 13.8. The Hall–Kier alpha value is -3.28. The lowest BCUT2D eigenvalue weighted by atomic mass is 10.1. The molecular weight excluding hydrogens is 326 g/mol. The van der Waals surface area contributed by atoms with Crippen LogP contribution >= 0.6 is 0 Å². The van der Waals surface area contributed by atoms with Gasteiger partial charge in [0.25, 0.3) is 0 Å². The minimum Gasteiger partial charge on any atom is -0.381 e. The standard InChI is InChI=1S/C20H21N5O/c26-20-21-10-5-11-25(20)18-9-4-8-17(12-18)22-13-16-14-23-24-19(16)15-6-2-1-3-7-15/h1-4,6-9,12,14,22H,5,10-11,13H2,(H,21,26)(H,23,24). The van der Waals surface area contributed by atoms with Crippen molar-refractivity contribution < 1.29 is 4.79 Å². The zero-order chi connectivity index (χ0) is 17.8. The first-order chi connectivity index (χ1) is 12.8. The molecule has 0 saturated carbocycles. The lowest BCUT2D eigenvalue weighted by molar-refractivity contribution is 0.243. The summed E-state index contributed by atoms with van der Waals surface area (Å²) in [5.74, 6) is 0. The molecule has 1 fully saturated rings. The van der Waals surface area contributed by atoms with Crippen LogP contribution in [0.5, 0.6) is 0 Å². The molecule has 132 valence electrons. The fraction of sp³-hybridized carbons (Fsp3) is 0.200. The van der Waals surface area contributed by atoms with Crippen molar-refractivity contribution in [3.05, 3.63) is 66.4 Å². The molecule has 26 heavy (non-hydrogen) atoms. The molecule has 2 amide bonds. The third-order valence-corrected chi connectivity index (χ3v) is 4.50. The number of H-pyrrole nitrogens is 1. The van der Waals surface area contributed by atoms with Crippen molar-refractivity contribution in [1.29, 1.82) is 0 Å². The Bertz CT molecular complexity index is 890. The maximum Gasteiger partial charge on any atom is 0.321 e. The second kappa shape index (κ2) is 7.31. The predicted molar refractivity (Wildman–Crippen MR) is 103 cm³/mol. The Morgan fingerprint density at radius 2 is 2.00 bits per heavy atom. The number of rotatable bonds is 5. The van der Waals surface area contributed by atoms with Crippen molar-refractivity contribution in [2.45, 2.75) is 13.0 Å². The van der Waals surface area contributed by atoms with Crippen LogP contribution in [0.25, 0.3) is 11.3 Å². The number of hydrogen-bond acceptors (Lipinski definition) is 3. The quantitative estimate of drug-likeness (QED) is 0.660. The lowest BCUT2D eigenvalue weighted by Gasteiger charge is -2.27. The summed E-state index contributed by atoms with van der Waals surface area (Å²) in [6.45, 7) is 2.14. The molecule has 6 nitrogen and oxygen atoms in total. The molecule has 1 aliphatic rings. The van der Waals surface area contributed by atoms with Gasteiger partial charge >= 0.3 is 6.03 Å². The summed E-state index contributed by atoms with van der Waals surface area (Å²) in [5.41, 5.74) is 5.10. The number of benzene rings is 2. The van der Waals surface area contributed by atoms with E-state index in [1.165, 1.54) is 0 Å². The van der Waals surface area contributed by atoms with Gasteiger partial charge in [0, 0.05) is 36.6 Å². The third kappa shape index (κ3) is 3.39. The van der Waals surface area contributed by atoms with Crippen LogP contribution in [0.3, 0.4) is 0 Å². The van der Waals surface area contributed by atoms with Gasteiger partial charge in [0.2, 0.25) is 0 Å². The summed E-state index contributed by atoms with van der Waals surface area (Å²) >= 11 is 0. The molecule has 0 aliphatic carbocycles. The molecule has 1 aliphatic heterocycles. The molecule has 1 aromatic heterocycles. The van der Waals surface area contributed by atoms with Crippen molar-refractivity contribution in [3.63, 3.8) is 0 Å². The Morgan fingerprint density at radius 1 is 1.12 bits per heavy atom. The first kappa shape index (κ1) is 16.2. The first-order valence-electron chi connectivity index (χ1n) is 8.78. The number of nitrogens with zero attached hydrogens (tertiary/aromatic N) is 2. The van der Waals surface area contributed by atoms with Crippen LogP contribution in [0, 0.1) is 0 Å². The van der Waals surface area contributed by atoms with E-state index in [2.05, 4.69) is 33.0 Å². The Kier molecular flexibility index (Phi) is 4.55. The number of hydrogen-bond donors (Lipinski definition) is 3. The minimum atomic E-state index is -0.0328. The zero-order valence-corrected chi connectivity index (χ0v) is 14.4. The highest BCUT2D eigenvalue weighted by molar-refractivity contribution is 5.93. The maximum atomic E-state index is 12.0. The molecule has 0 radical (unpaired) electrons. The first-order valence-corrected chi connectivity index (χ1v) is 8.78. The summed E-state index contributed by atoms with van der Waals surface area (Å²) in [6.07, 6.45) is 2.80. The Labute approximate surface area is 152 Å². The number of nitrogens with one attached hydrogen (secondary N) is 3. The van der Waals surface area contributed by atoms with Crippen LogP contribution < -0.4 is 15.5 Å². The smallest absolute Gasteiger partial charge is 0.321 e. The van der Waals surface area contributed by atoms with Gasteiger partial charge in [0.15, 0.2) is 0 Å². The number of carbonyl (C=O) groups excluding carboxylic acids is 1. The second-order valence-corrected chi connectivity index (χ2v) is 6.28. The van der Waals surface area contributed by atoms with E-state index in [1.54, 1.807) is 4.90 Å². The molecule has 0 atom stereocenters. The molecular formula is C20H21N5O. The van der Waals surface area contributed by atoms with Crippen molar-refractivity contribution in [1.82, 2.24) is 15.5 Å². The average Bonchev–Trinajstić information content (AvgIpc) is 3.16. The number of carbonyl (C=O) groups is 1. The van der Waals surface area contributed by atoms with Gasteiger partial charge in [-0.1, -0.05) is 36.4 Å². The van der Waals surface area contributed by atoms with Crippen LogP contribution in [-0.4, -0.2) is 29.3 Å². The molecule has 4 rings (SSSR count). The second-order valence-electron chi connectivity index (χ2n) is 6.28. The number of urea groups is 1. The fourth-order valence-electron chi connectivity index (χ4n) is 3.16. The van der Waals surface area contributed by atoms with Crippen LogP contribution in [0.4, 0.5) is 16.2 Å². The highest BCUT2D eigenvalue weighted by atomic mass is 16.2. The van der Waals surface area contributed by atoms with Gasteiger partial charge in [0.1, 0.15) is 0 Å². The molecule has 3 N–H and O–H groups in total. The monoisotopic (exact) mass is 347 g/mol. The van der Waals surface area contributed by atoms with E-state index >= 15 is 0 Å². The molecule has 0 spiro atoms. The van der Waals surface area contributed by atoms with E-state index in [0.717, 1.165) is 47.7 Å². The van der Waals surface area contributed by atoms with Gasteiger partial charge in [-0.05, 0) is 30.2 Å². The van der Waals surface area contributed by atoms with E-state index in [9.17, 15) is 4.79 Å². The average molecular weight is 347 g/mol. The molecule has 0 bridgehead atoms. The largest absolute Gasteiger partial charge is 0.381 e. The molecule has 0 unspecified atom stereocenters. The number of anilines is 2. The zero-order valence-electron chi connectivity index (χ0n) is 14.4. The van der Waals surface area contributed by atoms with Gasteiger partial charge in [0.05, 0.1) is 11.9 Å². The lowest BCUT2D eigenvalue weighted by Crippen LogP contribution is -2.46.